The molecule has 1 aromatic heterocycles. The van der Waals surface area contributed by atoms with Crippen molar-refractivity contribution in [2.75, 3.05) is 0 Å². The number of hydrogen-bond acceptors (Lipinski definition) is 4. The van der Waals surface area contributed by atoms with E-state index in [1.54, 1.807) is 30.7 Å². The van der Waals surface area contributed by atoms with Crippen LogP contribution in [0.1, 0.15) is 6.92 Å². The Labute approximate surface area is 119 Å². The molecule has 0 amide bonds. The Balaban J connectivity index is 2.27. The highest BCUT2D eigenvalue weighted by Crippen LogP contribution is 2.26. The minimum atomic E-state index is -0.874. The van der Waals surface area contributed by atoms with Crippen LogP contribution in [0.15, 0.2) is 29.4 Å². The molecule has 0 aliphatic carbocycles. The van der Waals surface area contributed by atoms with E-state index in [0.717, 1.165) is 17.3 Å². The van der Waals surface area contributed by atoms with Gasteiger partial charge in [0.2, 0.25) is 0 Å². The number of thioether (sulfide) groups is 1. The number of nitrogens with zero attached hydrogens (tertiary/aromatic N) is 3. The molecule has 0 aliphatic rings. The van der Waals surface area contributed by atoms with Crippen molar-refractivity contribution in [1.29, 1.82) is 0 Å². The molecule has 2 rings (SSSR count). The van der Waals surface area contributed by atoms with E-state index in [9.17, 15) is 4.79 Å². The molecule has 1 N–H and O–H groups in total. The molecule has 0 fully saturated rings. The van der Waals surface area contributed by atoms with Gasteiger partial charge in [-0.25, -0.2) is 0 Å². The lowest BCUT2D eigenvalue weighted by atomic mass is 10.2. The zero-order valence-corrected chi connectivity index (χ0v) is 11.9. The number of benzene rings is 1. The van der Waals surface area contributed by atoms with Crippen molar-refractivity contribution in [2.24, 2.45) is 7.05 Å². The lowest BCUT2D eigenvalue weighted by Crippen LogP contribution is -2.12. The van der Waals surface area contributed by atoms with Crippen molar-refractivity contribution in [2.45, 2.75) is 17.3 Å². The maximum absolute atomic E-state index is 10.8. The summed E-state index contributed by atoms with van der Waals surface area (Å²) >= 11 is 7.00. The fourth-order valence-corrected chi connectivity index (χ4v) is 2.35. The summed E-state index contributed by atoms with van der Waals surface area (Å²) in [5, 5.41) is 17.6. The van der Waals surface area contributed by atoms with Crippen LogP contribution in [0.3, 0.4) is 0 Å². The van der Waals surface area contributed by atoms with E-state index >= 15 is 0 Å². The number of carbonyl (C=O) groups is 1. The summed E-state index contributed by atoms with van der Waals surface area (Å²) in [6, 6.07) is 7.25. The number of aromatic nitrogens is 3. The number of hydrogen-bond donors (Lipinski definition) is 1. The third-order valence-electron chi connectivity index (χ3n) is 2.57. The second-order valence-electron chi connectivity index (χ2n) is 3.97. The second-order valence-corrected chi connectivity index (χ2v) is 5.71. The normalized spacial score (nSPS) is 12.4. The molecule has 7 heteroatoms. The standard InChI is InChI=1S/C12H12ClN3O2S/c1-7(11(17)18)19-12-15-14-10(16(12)2)8-3-5-9(13)6-4-8/h3-7H,1-2H3,(H,17,18)/t7-/m0/s1. The van der Waals surface area contributed by atoms with Gasteiger partial charge in [0, 0.05) is 17.6 Å². The van der Waals surface area contributed by atoms with Gasteiger partial charge in [-0.2, -0.15) is 0 Å². The van der Waals surface area contributed by atoms with E-state index in [1.165, 1.54) is 0 Å². The fourth-order valence-electron chi connectivity index (χ4n) is 1.48. The summed E-state index contributed by atoms with van der Waals surface area (Å²) in [5.74, 6) is -0.196. The van der Waals surface area contributed by atoms with Gasteiger partial charge in [0.25, 0.3) is 0 Å². The van der Waals surface area contributed by atoms with Gasteiger partial charge in [-0.1, -0.05) is 23.4 Å². The first kappa shape index (κ1) is 13.9. The zero-order valence-electron chi connectivity index (χ0n) is 10.4. The molecule has 0 radical (unpaired) electrons. The molecule has 1 heterocycles. The average molecular weight is 298 g/mol. The van der Waals surface area contributed by atoms with Gasteiger partial charge in [-0.3, -0.25) is 4.79 Å². The van der Waals surface area contributed by atoms with Crippen molar-refractivity contribution < 1.29 is 9.90 Å². The number of carboxylic acids is 1. The van der Waals surface area contributed by atoms with Gasteiger partial charge in [0.15, 0.2) is 11.0 Å². The van der Waals surface area contributed by atoms with Crippen LogP contribution in [0.5, 0.6) is 0 Å². The molecular weight excluding hydrogens is 286 g/mol. The molecule has 0 spiro atoms. The topological polar surface area (TPSA) is 68.0 Å². The van der Waals surface area contributed by atoms with Crippen molar-refractivity contribution in [3.63, 3.8) is 0 Å². The van der Waals surface area contributed by atoms with Gasteiger partial charge in [0.1, 0.15) is 5.25 Å². The molecule has 0 saturated carbocycles. The second kappa shape index (κ2) is 5.63. The van der Waals surface area contributed by atoms with Crippen molar-refractivity contribution >= 4 is 29.3 Å². The Morgan fingerprint density at radius 1 is 1.37 bits per heavy atom. The molecule has 0 saturated heterocycles. The predicted octanol–water partition coefficient (Wildman–Crippen LogP) is 2.70. The Morgan fingerprint density at radius 2 is 2.00 bits per heavy atom. The Kier molecular flexibility index (Phi) is 4.11. The van der Waals surface area contributed by atoms with Crippen LogP contribution < -0.4 is 0 Å². The first-order valence-corrected chi connectivity index (χ1v) is 6.79. The van der Waals surface area contributed by atoms with E-state index in [1.807, 2.05) is 12.1 Å². The molecule has 19 heavy (non-hydrogen) atoms. The van der Waals surface area contributed by atoms with Crippen molar-refractivity contribution in [1.82, 2.24) is 14.8 Å². The van der Waals surface area contributed by atoms with Gasteiger partial charge in [0.05, 0.1) is 0 Å². The molecule has 0 unspecified atom stereocenters. The fraction of sp³-hybridized carbons (Fsp3) is 0.250. The minimum absolute atomic E-state index is 0.569. The van der Waals surface area contributed by atoms with E-state index < -0.39 is 11.2 Å². The van der Waals surface area contributed by atoms with Gasteiger partial charge < -0.3 is 9.67 Å². The van der Waals surface area contributed by atoms with Gasteiger partial charge in [-0.05, 0) is 31.2 Å². The van der Waals surface area contributed by atoms with Crippen LogP contribution in [0, 0.1) is 0 Å². The lowest BCUT2D eigenvalue weighted by molar-refractivity contribution is -0.136. The quantitative estimate of drug-likeness (QED) is 0.879. The smallest absolute Gasteiger partial charge is 0.316 e. The summed E-state index contributed by atoms with van der Waals surface area (Å²) < 4.78 is 1.77. The number of halogens is 1. The summed E-state index contributed by atoms with van der Waals surface area (Å²) in [5.41, 5.74) is 0.884. The summed E-state index contributed by atoms with van der Waals surface area (Å²) in [4.78, 5) is 10.8. The lowest BCUT2D eigenvalue weighted by Gasteiger charge is -2.06. The SMILES string of the molecule is C[C@H](Sc1nnc(-c2ccc(Cl)cc2)n1C)C(=O)O. The Hall–Kier alpha value is -1.53. The molecule has 2 aromatic rings. The summed E-state index contributed by atoms with van der Waals surface area (Å²) in [6.07, 6.45) is 0. The molecule has 0 aliphatic heterocycles. The third-order valence-corrected chi connectivity index (χ3v) is 3.94. The zero-order chi connectivity index (χ0) is 14.0. The van der Waals surface area contributed by atoms with Gasteiger partial charge in [-0.15, -0.1) is 10.2 Å². The van der Waals surface area contributed by atoms with Crippen LogP contribution in [0.25, 0.3) is 11.4 Å². The molecule has 100 valence electrons. The Bertz CT molecular complexity index is 598. The highest BCUT2D eigenvalue weighted by molar-refractivity contribution is 8.00. The monoisotopic (exact) mass is 297 g/mol. The molecule has 1 aromatic carbocycles. The van der Waals surface area contributed by atoms with E-state index in [2.05, 4.69) is 10.2 Å². The maximum atomic E-state index is 10.8. The summed E-state index contributed by atoms with van der Waals surface area (Å²) in [7, 11) is 1.81. The molecule has 5 nitrogen and oxygen atoms in total. The van der Waals surface area contributed by atoms with E-state index in [-0.39, 0.29) is 0 Å². The predicted molar refractivity (Wildman–Crippen MR) is 74.4 cm³/mol. The first-order chi connectivity index (χ1) is 8.99. The average Bonchev–Trinajstić information content (AvgIpc) is 2.72. The summed E-state index contributed by atoms with van der Waals surface area (Å²) in [6.45, 7) is 1.61. The molecular formula is C12H12ClN3O2S. The largest absolute Gasteiger partial charge is 0.480 e. The molecule has 1 atom stereocenters. The minimum Gasteiger partial charge on any atom is -0.480 e. The molecule has 0 bridgehead atoms. The van der Waals surface area contributed by atoms with Crippen LogP contribution in [0.4, 0.5) is 0 Å². The van der Waals surface area contributed by atoms with Crippen LogP contribution >= 0.6 is 23.4 Å². The highest BCUT2D eigenvalue weighted by atomic mass is 35.5. The number of aliphatic carboxylic acids is 1. The first-order valence-electron chi connectivity index (χ1n) is 5.54. The van der Waals surface area contributed by atoms with Crippen molar-refractivity contribution in [3.8, 4) is 11.4 Å². The van der Waals surface area contributed by atoms with E-state index in [4.69, 9.17) is 16.7 Å². The number of rotatable bonds is 4. The van der Waals surface area contributed by atoms with Crippen LogP contribution in [-0.2, 0) is 11.8 Å². The highest BCUT2D eigenvalue weighted by Gasteiger charge is 2.18. The Morgan fingerprint density at radius 3 is 2.58 bits per heavy atom. The van der Waals surface area contributed by atoms with Crippen LogP contribution in [0.2, 0.25) is 5.02 Å². The number of carboxylic acid groups (broad SMARTS) is 1. The maximum Gasteiger partial charge on any atom is 0.316 e. The third kappa shape index (κ3) is 3.08. The van der Waals surface area contributed by atoms with E-state index in [0.29, 0.717) is 16.0 Å². The van der Waals surface area contributed by atoms with Crippen LogP contribution in [-0.4, -0.2) is 31.1 Å². The van der Waals surface area contributed by atoms with Crippen molar-refractivity contribution in [3.05, 3.63) is 29.3 Å². The van der Waals surface area contributed by atoms with Gasteiger partial charge >= 0.3 is 5.97 Å².